The van der Waals surface area contributed by atoms with E-state index in [1.807, 2.05) is 45.0 Å². The van der Waals surface area contributed by atoms with Crippen LogP contribution in [0.1, 0.15) is 33.6 Å². The molecule has 25 heavy (non-hydrogen) atoms. The Labute approximate surface area is 147 Å². The molecule has 6 heteroatoms. The van der Waals surface area contributed by atoms with Crippen LogP contribution in [-0.2, 0) is 4.74 Å². The number of aromatic nitrogens is 1. The number of fused-ring (bicyclic) bond motifs is 1. The number of pyridine rings is 1. The van der Waals surface area contributed by atoms with Crippen LogP contribution in [0.4, 0.5) is 10.6 Å². The summed E-state index contributed by atoms with van der Waals surface area (Å²) in [4.78, 5) is 28.8. The average Bonchev–Trinajstić information content (AvgIpc) is 2.53. The SMILES string of the molecule is CC(C)(C)OC(=O)N1CCC[C@@H](Nc2[nH]c(=O)cc3ccccc23)C1. The van der Waals surface area contributed by atoms with Crippen LogP contribution in [0.3, 0.4) is 0 Å². The number of aromatic amines is 1. The third kappa shape index (κ3) is 4.32. The third-order valence-corrected chi connectivity index (χ3v) is 4.19. The van der Waals surface area contributed by atoms with Crippen molar-refractivity contribution in [3.8, 4) is 0 Å². The van der Waals surface area contributed by atoms with E-state index in [1.165, 1.54) is 0 Å². The second-order valence-electron chi connectivity index (χ2n) is 7.51. The topological polar surface area (TPSA) is 74.4 Å². The van der Waals surface area contributed by atoms with E-state index < -0.39 is 5.60 Å². The van der Waals surface area contributed by atoms with Crippen LogP contribution in [0.15, 0.2) is 35.1 Å². The Bertz CT molecular complexity index is 823. The van der Waals surface area contributed by atoms with Crippen molar-refractivity contribution in [2.75, 3.05) is 18.4 Å². The largest absolute Gasteiger partial charge is 0.444 e. The van der Waals surface area contributed by atoms with E-state index in [1.54, 1.807) is 11.0 Å². The Morgan fingerprint density at radius 3 is 2.84 bits per heavy atom. The fraction of sp³-hybridized carbons (Fsp3) is 0.474. The van der Waals surface area contributed by atoms with E-state index in [-0.39, 0.29) is 17.7 Å². The van der Waals surface area contributed by atoms with E-state index >= 15 is 0 Å². The lowest BCUT2D eigenvalue weighted by Crippen LogP contribution is -2.47. The zero-order valence-electron chi connectivity index (χ0n) is 15.0. The van der Waals surface area contributed by atoms with Crippen molar-refractivity contribution in [2.24, 2.45) is 0 Å². The molecule has 0 bridgehead atoms. The number of ether oxygens (including phenoxy) is 1. The molecule has 1 aromatic heterocycles. The van der Waals surface area contributed by atoms with E-state index in [4.69, 9.17) is 4.74 Å². The molecule has 0 radical (unpaired) electrons. The number of benzene rings is 1. The van der Waals surface area contributed by atoms with Crippen LogP contribution in [0, 0.1) is 0 Å². The van der Waals surface area contributed by atoms with Crippen molar-refractivity contribution in [3.63, 3.8) is 0 Å². The van der Waals surface area contributed by atoms with Crippen molar-refractivity contribution in [1.82, 2.24) is 9.88 Å². The van der Waals surface area contributed by atoms with Gasteiger partial charge in [0.05, 0.1) is 0 Å². The van der Waals surface area contributed by atoms with Crippen LogP contribution in [0.2, 0.25) is 0 Å². The normalized spacial score (nSPS) is 18.2. The summed E-state index contributed by atoms with van der Waals surface area (Å²) >= 11 is 0. The smallest absolute Gasteiger partial charge is 0.410 e. The minimum atomic E-state index is -0.502. The van der Waals surface area contributed by atoms with Crippen LogP contribution in [0.5, 0.6) is 0 Å². The Morgan fingerprint density at radius 1 is 1.32 bits per heavy atom. The summed E-state index contributed by atoms with van der Waals surface area (Å²) in [5, 5.41) is 5.27. The maximum absolute atomic E-state index is 12.3. The van der Waals surface area contributed by atoms with Crippen molar-refractivity contribution in [3.05, 3.63) is 40.7 Å². The van der Waals surface area contributed by atoms with Gasteiger partial charge in [-0.1, -0.05) is 24.3 Å². The molecule has 1 atom stereocenters. The monoisotopic (exact) mass is 343 g/mol. The Balaban J connectivity index is 1.75. The first kappa shape index (κ1) is 17.3. The van der Waals surface area contributed by atoms with Gasteiger partial charge in [-0.25, -0.2) is 4.79 Å². The molecule has 1 aliphatic rings. The number of nitrogens with one attached hydrogen (secondary N) is 2. The van der Waals surface area contributed by atoms with Crippen LogP contribution in [-0.4, -0.2) is 40.7 Å². The quantitative estimate of drug-likeness (QED) is 0.877. The van der Waals surface area contributed by atoms with Crippen molar-refractivity contribution in [2.45, 2.75) is 45.3 Å². The lowest BCUT2D eigenvalue weighted by Gasteiger charge is -2.34. The number of rotatable bonds is 2. The molecule has 0 spiro atoms. The zero-order valence-corrected chi connectivity index (χ0v) is 15.0. The van der Waals surface area contributed by atoms with Gasteiger partial charge in [0.15, 0.2) is 0 Å². The number of likely N-dealkylation sites (tertiary alicyclic amines) is 1. The second kappa shape index (κ2) is 6.78. The van der Waals surface area contributed by atoms with Crippen LogP contribution < -0.4 is 10.9 Å². The highest BCUT2D eigenvalue weighted by molar-refractivity contribution is 5.91. The predicted octanol–water partition coefficient (Wildman–Crippen LogP) is 3.34. The number of nitrogens with zero attached hydrogens (tertiary/aromatic N) is 1. The molecular formula is C19H25N3O3. The van der Waals surface area contributed by atoms with E-state index in [9.17, 15) is 9.59 Å². The Morgan fingerprint density at radius 2 is 2.08 bits per heavy atom. The van der Waals surface area contributed by atoms with Gasteiger partial charge in [-0.05, 0) is 39.0 Å². The summed E-state index contributed by atoms with van der Waals surface area (Å²) in [6.45, 7) is 6.85. The van der Waals surface area contributed by atoms with Gasteiger partial charge in [0.25, 0.3) is 0 Å². The van der Waals surface area contributed by atoms with E-state index in [0.717, 1.165) is 23.6 Å². The summed E-state index contributed by atoms with van der Waals surface area (Å²) in [6.07, 6.45) is 1.54. The molecule has 134 valence electrons. The number of anilines is 1. The number of H-pyrrole nitrogens is 1. The minimum absolute atomic E-state index is 0.0720. The average molecular weight is 343 g/mol. The molecule has 1 aliphatic heterocycles. The molecule has 1 aromatic carbocycles. The summed E-state index contributed by atoms with van der Waals surface area (Å²) < 4.78 is 5.47. The number of carbonyl (C=O) groups is 1. The molecule has 0 unspecified atom stereocenters. The van der Waals surface area contributed by atoms with Crippen molar-refractivity contribution in [1.29, 1.82) is 0 Å². The number of amides is 1. The van der Waals surface area contributed by atoms with Crippen LogP contribution in [0.25, 0.3) is 10.8 Å². The molecule has 6 nitrogen and oxygen atoms in total. The van der Waals surface area contributed by atoms with Gasteiger partial charge in [0, 0.05) is 30.6 Å². The molecule has 2 N–H and O–H groups in total. The number of hydrogen-bond donors (Lipinski definition) is 2. The van der Waals surface area contributed by atoms with E-state index in [2.05, 4.69) is 10.3 Å². The van der Waals surface area contributed by atoms with Crippen LogP contribution >= 0.6 is 0 Å². The minimum Gasteiger partial charge on any atom is -0.444 e. The fourth-order valence-corrected chi connectivity index (χ4v) is 3.12. The highest BCUT2D eigenvalue weighted by atomic mass is 16.6. The lowest BCUT2D eigenvalue weighted by atomic mass is 10.1. The summed E-state index contributed by atoms with van der Waals surface area (Å²) in [6, 6.07) is 9.42. The van der Waals surface area contributed by atoms with Gasteiger partial charge in [-0.2, -0.15) is 0 Å². The fourth-order valence-electron chi connectivity index (χ4n) is 3.12. The predicted molar refractivity (Wildman–Crippen MR) is 99.0 cm³/mol. The second-order valence-corrected chi connectivity index (χ2v) is 7.51. The van der Waals surface area contributed by atoms with Gasteiger partial charge < -0.3 is 19.9 Å². The van der Waals surface area contributed by atoms with Crippen molar-refractivity contribution >= 4 is 22.7 Å². The zero-order chi connectivity index (χ0) is 18.0. The highest BCUT2D eigenvalue weighted by Gasteiger charge is 2.27. The highest BCUT2D eigenvalue weighted by Crippen LogP contribution is 2.22. The standard InChI is InChI=1S/C19H25N3O3/c1-19(2,3)25-18(24)22-10-6-8-14(12-22)20-17-15-9-5-4-7-13(15)11-16(23)21-17/h4-5,7,9,11,14H,6,8,10,12H2,1-3H3,(H2,20,21,23)/t14-/m1/s1. The number of carbonyl (C=O) groups excluding carboxylic acids is 1. The maximum atomic E-state index is 12.3. The molecule has 1 amide bonds. The molecule has 0 aliphatic carbocycles. The summed E-state index contributed by atoms with van der Waals surface area (Å²) in [7, 11) is 0. The Hall–Kier alpha value is -2.50. The van der Waals surface area contributed by atoms with Gasteiger partial charge in [-0.15, -0.1) is 0 Å². The van der Waals surface area contributed by atoms with Gasteiger partial charge >= 0.3 is 6.09 Å². The maximum Gasteiger partial charge on any atom is 0.410 e. The molecular weight excluding hydrogens is 318 g/mol. The third-order valence-electron chi connectivity index (χ3n) is 4.19. The number of hydrogen-bond acceptors (Lipinski definition) is 4. The van der Waals surface area contributed by atoms with Crippen molar-refractivity contribution < 1.29 is 9.53 Å². The van der Waals surface area contributed by atoms with E-state index in [0.29, 0.717) is 18.9 Å². The van der Waals surface area contributed by atoms with Gasteiger partial charge in [0.1, 0.15) is 11.4 Å². The summed E-state index contributed by atoms with van der Waals surface area (Å²) in [5.41, 5.74) is -0.640. The first-order chi connectivity index (χ1) is 11.8. The number of piperidine rings is 1. The molecule has 2 heterocycles. The first-order valence-corrected chi connectivity index (χ1v) is 8.68. The van der Waals surface area contributed by atoms with Gasteiger partial charge in [-0.3, -0.25) is 4.79 Å². The molecule has 0 saturated carbocycles. The van der Waals surface area contributed by atoms with Gasteiger partial charge in [0.2, 0.25) is 5.56 Å². The lowest BCUT2D eigenvalue weighted by molar-refractivity contribution is 0.0206. The molecule has 1 fully saturated rings. The molecule has 1 saturated heterocycles. The Kier molecular flexibility index (Phi) is 4.70. The molecule has 2 aromatic rings. The summed E-state index contributed by atoms with van der Waals surface area (Å²) in [5.74, 6) is 0.708. The molecule has 3 rings (SSSR count). The first-order valence-electron chi connectivity index (χ1n) is 8.68.